The molecular weight excluding hydrogens is 284 g/mol. The maximum absolute atomic E-state index is 11.5. The van der Waals surface area contributed by atoms with Crippen LogP contribution >= 0.6 is 15.9 Å². The van der Waals surface area contributed by atoms with Crippen molar-refractivity contribution < 1.29 is 8.42 Å². The van der Waals surface area contributed by atoms with Crippen LogP contribution in [0.25, 0.3) is 0 Å². The van der Waals surface area contributed by atoms with Gasteiger partial charge in [0.15, 0.2) is 9.84 Å². The summed E-state index contributed by atoms with van der Waals surface area (Å²) in [4.78, 5) is 15.2. The first-order valence-electron chi connectivity index (χ1n) is 4.36. The van der Waals surface area contributed by atoms with Gasteiger partial charge in [0, 0.05) is 18.5 Å². The van der Waals surface area contributed by atoms with Crippen LogP contribution < -0.4 is 5.56 Å². The molecule has 0 saturated heterocycles. The molecule has 0 fully saturated rings. The molecule has 1 aromatic heterocycles. The number of sulfone groups is 1. The Morgan fingerprint density at radius 3 is 2.80 bits per heavy atom. The molecule has 0 aliphatic carbocycles. The topological polar surface area (TPSA) is 69.0 Å². The number of halogens is 1. The maximum Gasteiger partial charge on any atom is 0.267 e. The first-order valence-corrected chi connectivity index (χ1v) is 6.98. The Labute approximate surface area is 96.2 Å². The van der Waals surface area contributed by atoms with Crippen LogP contribution in [0.1, 0.15) is 6.92 Å². The molecular formula is C8H11BrN2O3S. The predicted octanol–water partition coefficient (Wildman–Crippen LogP) is 0.440. The van der Waals surface area contributed by atoms with E-state index in [4.69, 9.17) is 0 Å². The second-order valence-electron chi connectivity index (χ2n) is 2.98. The minimum Gasteiger partial charge on any atom is -0.297 e. The molecule has 1 aromatic rings. The third-order valence-corrected chi connectivity index (χ3v) is 4.17. The minimum absolute atomic E-state index is 0.0401. The van der Waals surface area contributed by atoms with Gasteiger partial charge in [-0.3, -0.25) is 9.36 Å². The largest absolute Gasteiger partial charge is 0.297 e. The van der Waals surface area contributed by atoms with Crippen LogP contribution in [0.4, 0.5) is 0 Å². The first-order chi connectivity index (χ1) is 6.96. The molecule has 5 nitrogen and oxygen atoms in total. The van der Waals surface area contributed by atoms with E-state index in [9.17, 15) is 13.2 Å². The third kappa shape index (κ3) is 3.42. The van der Waals surface area contributed by atoms with Gasteiger partial charge in [-0.15, -0.1) is 0 Å². The van der Waals surface area contributed by atoms with Gasteiger partial charge in [0.25, 0.3) is 5.56 Å². The van der Waals surface area contributed by atoms with Gasteiger partial charge in [0.05, 0.1) is 12.1 Å². The van der Waals surface area contributed by atoms with Crippen LogP contribution in [0.2, 0.25) is 0 Å². The van der Waals surface area contributed by atoms with Crippen LogP contribution in [-0.2, 0) is 16.4 Å². The zero-order valence-corrected chi connectivity index (χ0v) is 10.6. The van der Waals surface area contributed by atoms with E-state index < -0.39 is 9.84 Å². The number of aryl methyl sites for hydroxylation is 1. The molecule has 0 aliphatic rings. The molecule has 0 N–H and O–H groups in total. The third-order valence-electron chi connectivity index (χ3n) is 1.94. The maximum atomic E-state index is 11.5. The fourth-order valence-electron chi connectivity index (χ4n) is 0.965. The summed E-state index contributed by atoms with van der Waals surface area (Å²) in [6, 6.07) is 0. The van der Waals surface area contributed by atoms with E-state index in [0.717, 1.165) is 0 Å². The van der Waals surface area contributed by atoms with Crippen molar-refractivity contribution >= 4 is 25.8 Å². The lowest BCUT2D eigenvalue weighted by Crippen LogP contribution is -2.25. The average molecular weight is 295 g/mol. The van der Waals surface area contributed by atoms with Crippen LogP contribution in [-0.4, -0.2) is 29.5 Å². The van der Waals surface area contributed by atoms with Crippen molar-refractivity contribution in [1.82, 2.24) is 9.55 Å². The Kier molecular flexibility index (Phi) is 4.04. The second kappa shape index (κ2) is 4.89. The van der Waals surface area contributed by atoms with Gasteiger partial charge in [0.1, 0.15) is 4.47 Å². The van der Waals surface area contributed by atoms with E-state index in [1.54, 1.807) is 6.92 Å². The number of aromatic nitrogens is 2. The Morgan fingerprint density at radius 2 is 2.20 bits per heavy atom. The Balaban J connectivity index is 2.84. The highest BCUT2D eigenvalue weighted by Gasteiger charge is 2.08. The molecule has 0 amide bonds. The molecule has 0 unspecified atom stereocenters. The van der Waals surface area contributed by atoms with E-state index in [-0.39, 0.29) is 23.6 Å². The van der Waals surface area contributed by atoms with Gasteiger partial charge in [-0.1, -0.05) is 6.92 Å². The second-order valence-corrected chi connectivity index (χ2v) is 6.30. The van der Waals surface area contributed by atoms with Gasteiger partial charge < -0.3 is 0 Å². The van der Waals surface area contributed by atoms with Gasteiger partial charge >= 0.3 is 0 Å². The van der Waals surface area contributed by atoms with Gasteiger partial charge in [-0.2, -0.15) is 0 Å². The number of rotatable bonds is 4. The zero-order valence-electron chi connectivity index (χ0n) is 8.18. The number of hydrogen-bond donors (Lipinski definition) is 0. The van der Waals surface area contributed by atoms with Crippen molar-refractivity contribution in [2.45, 2.75) is 13.5 Å². The highest BCUT2D eigenvalue weighted by Crippen LogP contribution is 1.98. The van der Waals surface area contributed by atoms with E-state index in [2.05, 4.69) is 20.9 Å². The molecule has 15 heavy (non-hydrogen) atoms. The molecule has 0 aromatic carbocycles. The van der Waals surface area contributed by atoms with E-state index in [1.165, 1.54) is 17.1 Å². The molecule has 0 aliphatic heterocycles. The summed E-state index contributed by atoms with van der Waals surface area (Å²) < 4.78 is 24.1. The lowest BCUT2D eigenvalue weighted by Gasteiger charge is -2.04. The number of nitrogens with zero attached hydrogens (tertiary/aromatic N) is 2. The van der Waals surface area contributed by atoms with Crippen molar-refractivity contribution in [1.29, 1.82) is 0 Å². The summed E-state index contributed by atoms with van der Waals surface area (Å²) in [6.07, 6.45) is 2.71. The molecule has 7 heteroatoms. The van der Waals surface area contributed by atoms with Gasteiger partial charge in [-0.25, -0.2) is 13.4 Å². The van der Waals surface area contributed by atoms with Crippen LogP contribution in [0, 0.1) is 0 Å². The fraction of sp³-hybridized carbons (Fsp3) is 0.500. The minimum atomic E-state index is -3.05. The summed E-state index contributed by atoms with van der Waals surface area (Å²) in [7, 11) is -3.05. The molecule has 1 rings (SSSR count). The summed E-state index contributed by atoms with van der Waals surface area (Å²) in [6.45, 7) is 1.72. The molecule has 84 valence electrons. The number of hydrogen-bond acceptors (Lipinski definition) is 4. The van der Waals surface area contributed by atoms with Crippen molar-refractivity contribution in [2.75, 3.05) is 11.5 Å². The van der Waals surface area contributed by atoms with Crippen molar-refractivity contribution in [3.8, 4) is 0 Å². The highest BCUT2D eigenvalue weighted by atomic mass is 79.9. The van der Waals surface area contributed by atoms with E-state index in [1.807, 2.05) is 0 Å². The summed E-state index contributed by atoms with van der Waals surface area (Å²) in [5.74, 6) is 0.0464. The van der Waals surface area contributed by atoms with Crippen LogP contribution in [0.5, 0.6) is 0 Å². The molecule has 0 bridgehead atoms. The zero-order chi connectivity index (χ0) is 11.5. The molecule has 1 heterocycles. The normalized spacial score (nSPS) is 11.6. The Morgan fingerprint density at radius 1 is 1.53 bits per heavy atom. The SMILES string of the molecule is CCS(=O)(=O)CCn1cncc(Br)c1=O. The Bertz CT molecular complexity index is 495. The molecule has 0 atom stereocenters. The smallest absolute Gasteiger partial charge is 0.267 e. The summed E-state index contributed by atoms with van der Waals surface area (Å²) in [5, 5.41) is 0. The van der Waals surface area contributed by atoms with Crippen molar-refractivity contribution in [3.63, 3.8) is 0 Å². The monoisotopic (exact) mass is 294 g/mol. The van der Waals surface area contributed by atoms with Crippen molar-refractivity contribution in [2.24, 2.45) is 0 Å². The van der Waals surface area contributed by atoms with Crippen LogP contribution in [0.3, 0.4) is 0 Å². The molecule has 0 spiro atoms. The first kappa shape index (κ1) is 12.4. The molecule has 0 saturated carbocycles. The van der Waals surface area contributed by atoms with Gasteiger partial charge in [0.2, 0.25) is 0 Å². The lowest BCUT2D eigenvalue weighted by atomic mass is 10.6. The lowest BCUT2D eigenvalue weighted by molar-refractivity contribution is 0.587. The fourth-order valence-corrected chi connectivity index (χ4v) is 2.07. The standard InChI is InChI=1S/C8H11BrN2O3S/c1-2-15(13,14)4-3-11-6-10-5-7(9)8(11)12/h5-6H,2-4H2,1H3. The van der Waals surface area contributed by atoms with Crippen molar-refractivity contribution in [3.05, 3.63) is 27.4 Å². The quantitative estimate of drug-likeness (QED) is 0.808. The highest BCUT2D eigenvalue weighted by molar-refractivity contribution is 9.10. The summed E-state index contributed by atoms with van der Waals surface area (Å²) >= 11 is 3.04. The Hall–Kier alpha value is -0.690. The van der Waals surface area contributed by atoms with Crippen LogP contribution in [0.15, 0.2) is 21.8 Å². The predicted molar refractivity (Wildman–Crippen MR) is 60.5 cm³/mol. The van der Waals surface area contributed by atoms with Gasteiger partial charge in [-0.05, 0) is 15.9 Å². The van der Waals surface area contributed by atoms with E-state index >= 15 is 0 Å². The summed E-state index contributed by atoms with van der Waals surface area (Å²) in [5.41, 5.74) is -0.267. The molecule has 0 radical (unpaired) electrons. The van der Waals surface area contributed by atoms with E-state index in [0.29, 0.717) is 4.47 Å². The average Bonchev–Trinajstić information content (AvgIpc) is 2.20.